The van der Waals surface area contributed by atoms with Crippen molar-refractivity contribution < 1.29 is 4.39 Å². The second kappa shape index (κ2) is 9.69. The summed E-state index contributed by atoms with van der Waals surface area (Å²) in [7, 11) is 0. The number of halogens is 2. The van der Waals surface area contributed by atoms with Gasteiger partial charge < -0.3 is 5.32 Å². The lowest BCUT2D eigenvalue weighted by atomic mass is 10.2. The van der Waals surface area contributed by atoms with Gasteiger partial charge in [-0.1, -0.05) is 23.9 Å². The maximum Gasteiger partial charge on any atom is 0.187 e. The molecular weight excluding hydrogens is 297 g/mol. The molecule has 0 aliphatic rings. The number of benzene rings is 1. The smallest absolute Gasteiger partial charge is 0.187 e. The molecule has 1 heterocycles. The Morgan fingerprint density at radius 2 is 1.80 bits per heavy atom. The van der Waals surface area contributed by atoms with Crippen LogP contribution in [0.3, 0.4) is 0 Å². The summed E-state index contributed by atoms with van der Waals surface area (Å²) >= 11 is 1.66. The molecule has 3 nitrogen and oxygen atoms in total. The number of aromatic nitrogens is 2. The molecule has 0 atom stereocenters. The van der Waals surface area contributed by atoms with Gasteiger partial charge in [-0.3, -0.25) is 0 Å². The highest BCUT2D eigenvalue weighted by Crippen LogP contribution is 2.11. The molecule has 2 aromatic rings. The number of nitrogens with one attached hydrogen (secondary N) is 1. The summed E-state index contributed by atoms with van der Waals surface area (Å²) in [6, 6.07) is 8.39. The van der Waals surface area contributed by atoms with Crippen molar-refractivity contribution in [1.29, 1.82) is 0 Å². The second-order valence-corrected chi connectivity index (χ2v) is 5.10. The molecule has 6 heteroatoms. The molecule has 1 aromatic heterocycles. The maximum atomic E-state index is 12.7. The highest BCUT2D eigenvalue weighted by atomic mass is 35.5. The lowest BCUT2D eigenvalue weighted by Gasteiger charge is -2.04. The van der Waals surface area contributed by atoms with Gasteiger partial charge in [0.05, 0.1) is 0 Å². The molecule has 0 bridgehead atoms. The summed E-state index contributed by atoms with van der Waals surface area (Å²) in [6.45, 7) is 1.70. The number of nitrogens with zero attached hydrogens (tertiary/aromatic N) is 2. The topological polar surface area (TPSA) is 37.8 Å². The van der Waals surface area contributed by atoms with Crippen molar-refractivity contribution >= 4 is 24.2 Å². The van der Waals surface area contributed by atoms with Crippen molar-refractivity contribution in [2.24, 2.45) is 0 Å². The fraction of sp³-hybridized carbons (Fsp3) is 0.286. The molecule has 108 valence electrons. The predicted octanol–water partition coefficient (Wildman–Crippen LogP) is 3.31. The van der Waals surface area contributed by atoms with Crippen LogP contribution in [0.5, 0.6) is 0 Å². The molecule has 1 N–H and O–H groups in total. The summed E-state index contributed by atoms with van der Waals surface area (Å²) in [5, 5.41) is 4.15. The van der Waals surface area contributed by atoms with Gasteiger partial charge in [0.15, 0.2) is 5.16 Å². The Kier molecular flexibility index (Phi) is 8.18. The lowest BCUT2D eigenvalue weighted by molar-refractivity contribution is 0.624. The van der Waals surface area contributed by atoms with Crippen LogP contribution in [0, 0.1) is 5.82 Å². The zero-order valence-electron chi connectivity index (χ0n) is 11.0. The van der Waals surface area contributed by atoms with Crippen LogP contribution in [-0.4, -0.2) is 22.3 Å². The fourth-order valence-electron chi connectivity index (χ4n) is 1.56. The summed E-state index contributed by atoms with van der Waals surface area (Å²) in [6.07, 6.45) is 4.55. The largest absolute Gasteiger partial charge is 0.313 e. The van der Waals surface area contributed by atoms with Gasteiger partial charge >= 0.3 is 0 Å². The zero-order valence-corrected chi connectivity index (χ0v) is 12.6. The van der Waals surface area contributed by atoms with Gasteiger partial charge in [-0.15, -0.1) is 12.4 Å². The first-order chi connectivity index (χ1) is 9.34. The number of thioether (sulfide) groups is 1. The summed E-state index contributed by atoms with van der Waals surface area (Å²) in [4.78, 5) is 8.30. The molecule has 0 aliphatic heterocycles. The highest BCUT2D eigenvalue weighted by molar-refractivity contribution is 7.99. The monoisotopic (exact) mass is 313 g/mol. The predicted molar refractivity (Wildman–Crippen MR) is 82.7 cm³/mol. The Morgan fingerprint density at radius 3 is 2.50 bits per heavy atom. The van der Waals surface area contributed by atoms with E-state index in [-0.39, 0.29) is 18.2 Å². The summed E-state index contributed by atoms with van der Waals surface area (Å²) in [5.41, 5.74) is 1.10. The van der Waals surface area contributed by atoms with Crippen molar-refractivity contribution in [3.05, 3.63) is 54.1 Å². The average Bonchev–Trinajstić information content (AvgIpc) is 2.46. The van der Waals surface area contributed by atoms with Crippen molar-refractivity contribution in [1.82, 2.24) is 15.3 Å². The zero-order chi connectivity index (χ0) is 13.3. The highest BCUT2D eigenvalue weighted by Gasteiger charge is 1.96. The van der Waals surface area contributed by atoms with Crippen molar-refractivity contribution in [2.75, 3.05) is 12.3 Å². The van der Waals surface area contributed by atoms with Crippen LogP contribution in [0.15, 0.2) is 47.9 Å². The van der Waals surface area contributed by atoms with Gasteiger partial charge in [0.1, 0.15) is 5.82 Å². The number of hydrogen-bond donors (Lipinski definition) is 1. The van der Waals surface area contributed by atoms with Gasteiger partial charge in [0.25, 0.3) is 0 Å². The van der Waals surface area contributed by atoms with Gasteiger partial charge in [-0.25, -0.2) is 14.4 Å². The van der Waals surface area contributed by atoms with E-state index in [1.165, 1.54) is 12.1 Å². The number of rotatable bonds is 7. The van der Waals surface area contributed by atoms with E-state index in [1.807, 2.05) is 6.07 Å². The third-order valence-electron chi connectivity index (χ3n) is 2.51. The molecule has 0 saturated carbocycles. The van der Waals surface area contributed by atoms with Crippen LogP contribution < -0.4 is 5.32 Å². The first-order valence-electron chi connectivity index (χ1n) is 6.19. The molecule has 0 radical (unpaired) electrons. The Balaban J connectivity index is 0.00000200. The molecule has 0 saturated heterocycles. The fourth-order valence-corrected chi connectivity index (χ4v) is 2.30. The average molecular weight is 314 g/mol. The molecule has 0 aliphatic carbocycles. The van der Waals surface area contributed by atoms with Crippen LogP contribution in [-0.2, 0) is 6.54 Å². The minimum atomic E-state index is -0.192. The lowest BCUT2D eigenvalue weighted by Crippen LogP contribution is -2.15. The number of hydrogen-bond acceptors (Lipinski definition) is 4. The minimum Gasteiger partial charge on any atom is -0.313 e. The molecule has 0 fully saturated rings. The Morgan fingerprint density at radius 1 is 1.10 bits per heavy atom. The normalized spacial score (nSPS) is 10.1. The van der Waals surface area contributed by atoms with E-state index < -0.39 is 0 Å². The maximum absolute atomic E-state index is 12.7. The van der Waals surface area contributed by atoms with E-state index in [4.69, 9.17) is 0 Å². The van der Waals surface area contributed by atoms with Crippen molar-refractivity contribution in [3.8, 4) is 0 Å². The Bertz CT molecular complexity index is 482. The first kappa shape index (κ1) is 16.9. The third kappa shape index (κ3) is 6.32. The third-order valence-corrected chi connectivity index (χ3v) is 3.48. The van der Waals surface area contributed by atoms with Crippen molar-refractivity contribution in [3.63, 3.8) is 0 Å². The molecule has 0 amide bonds. The summed E-state index contributed by atoms with van der Waals surface area (Å²) < 4.78 is 12.7. The van der Waals surface area contributed by atoms with Gasteiger partial charge in [-0.2, -0.15) is 0 Å². The molecule has 20 heavy (non-hydrogen) atoms. The molecule has 1 aromatic carbocycles. The molecule has 0 spiro atoms. The van der Waals surface area contributed by atoms with Crippen LogP contribution >= 0.6 is 24.2 Å². The van der Waals surface area contributed by atoms with Crippen LogP contribution in [0.1, 0.15) is 12.0 Å². The Hall–Kier alpha value is -1.17. The second-order valence-electron chi connectivity index (χ2n) is 4.04. The van der Waals surface area contributed by atoms with E-state index in [9.17, 15) is 4.39 Å². The van der Waals surface area contributed by atoms with Crippen LogP contribution in [0.4, 0.5) is 4.39 Å². The first-order valence-corrected chi connectivity index (χ1v) is 7.18. The van der Waals surface area contributed by atoms with Crippen LogP contribution in [0.2, 0.25) is 0 Å². The van der Waals surface area contributed by atoms with Crippen LogP contribution in [0.25, 0.3) is 0 Å². The molecule has 0 unspecified atom stereocenters. The van der Waals surface area contributed by atoms with Crippen molar-refractivity contribution in [2.45, 2.75) is 18.1 Å². The van der Waals surface area contributed by atoms with Gasteiger partial charge in [0, 0.05) is 24.7 Å². The van der Waals surface area contributed by atoms with E-state index >= 15 is 0 Å². The molecule has 2 rings (SSSR count). The molecular formula is C14H17ClFN3S. The SMILES string of the molecule is Cl.Fc1ccc(CNCCCSc2ncccn2)cc1. The van der Waals surface area contributed by atoms with E-state index in [0.717, 1.165) is 36.0 Å². The summed E-state index contributed by atoms with van der Waals surface area (Å²) in [5.74, 6) is 0.795. The van der Waals surface area contributed by atoms with E-state index in [0.29, 0.717) is 0 Å². The van der Waals surface area contributed by atoms with E-state index in [2.05, 4.69) is 15.3 Å². The van der Waals surface area contributed by atoms with Gasteiger partial charge in [-0.05, 0) is 36.7 Å². The quantitative estimate of drug-likeness (QED) is 0.483. The van der Waals surface area contributed by atoms with Gasteiger partial charge in [0.2, 0.25) is 0 Å². The van der Waals surface area contributed by atoms with E-state index in [1.54, 1.807) is 36.3 Å². The Labute approximate surface area is 128 Å². The standard InChI is InChI=1S/C14H16FN3S.ClH/c15-13-5-3-12(4-6-13)11-16-7-2-10-19-14-17-8-1-9-18-14;/h1,3-6,8-9,16H,2,7,10-11H2;1H. The minimum absolute atomic E-state index is 0.